The molecule has 0 heterocycles. The highest BCUT2D eigenvalue weighted by Crippen LogP contribution is 2.34. The van der Waals surface area contributed by atoms with E-state index in [2.05, 4.69) is 5.32 Å². The fourth-order valence-corrected chi connectivity index (χ4v) is 1.97. The summed E-state index contributed by atoms with van der Waals surface area (Å²) in [6.45, 7) is 0. The molecule has 17 heavy (non-hydrogen) atoms. The predicted octanol–water partition coefficient (Wildman–Crippen LogP) is 4.97. The van der Waals surface area contributed by atoms with E-state index in [1.165, 1.54) is 0 Å². The smallest absolute Gasteiger partial charge is 0.0807 e. The van der Waals surface area contributed by atoms with E-state index >= 15 is 0 Å². The molecule has 0 aliphatic heterocycles. The number of nitrogens with two attached hydrogens (primary N) is 1. The monoisotopic (exact) mass is 286 g/mol. The third kappa shape index (κ3) is 2.78. The van der Waals surface area contributed by atoms with Gasteiger partial charge in [0, 0.05) is 5.02 Å². The van der Waals surface area contributed by atoms with Crippen LogP contribution in [0.15, 0.2) is 36.4 Å². The molecule has 0 saturated heterocycles. The van der Waals surface area contributed by atoms with Gasteiger partial charge in [0.05, 0.1) is 27.1 Å². The van der Waals surface area contributed by atoms with Gasteiger partial charge in [0.25, 0.3) is 0 Å². The van der Waals surface area contributed by atoms with Crippen LogP contribution in [-0.2, 0) is 0 Å². The number of nitrogen functional groups attached to an aromatic ring is 1. The standard InChI is InChI=1S/C12H9Cl3N2/c13-7-4-5-8(14)11(6-7)17-12-9(15)2-1-3-10(12)16/h1-6,17H,16H2. The van der Waals surface area contributed by atoms with E-state index in [0.29, 0.717) is 32.1 Å². The Bertz CT molecular complexity index is 535. The summed E-state index contributed by atoms with van der Waals surface area (Å²) in [7, 11) is 0. The molecule has 2 aromatic rings. The zero-order valence-electron chi connectivity index (χ0n) is 8.68. The van der Waals surface area contributed by atoms with E-state index in [-0.39, 0.29) is 0 Å². The summed E-state index contributed by atoms with van der Waals surface area (Å²) in [5.41, 5.74) is 7.67. The topological polar surface area (TPSA) is 38.0 Å². The molecule has 2 aromatic carbocycles. The van der Waals surface area contributed by atoms with Crippen molar-refractivity contribution in [2.45, 2.75) is 0 Å². The Hall–Kier alpha value is -1.09. The zero-order valence-corrected chi connectivity index (χ0v) is 10.9. The van der Waals surface area contributed by atoms with E-state index in [4.69, 9.17) is 40.5 Å². The third-order valence-electron chi connectivity index (χ3n) is 2.23. The highest BCUT2D eigenvalue weighted by atomic mass is 35.5. The first-order valence-corrected chi connectivity index (χ1v) is 5.97. The zero-order chi connectivity index (χ0) is 12.4. The Labute approximate surface area is 114 Å². The molecule has 0 radical (unpaired) electrons. The highest BCUT2D eigenvalue weighted by molar-refractivity contribution is 6.36. The Morgan fingerprint density at radius 3 is 2.41 bits per heavy atom. The largest absolute Gasteiger partial charge is 0.397 e. The van der Waals surface area contributed by atoms with Crippen molar-refractivity contribution in [3.8, 4) is 0 Å². The molecule has 0 unspecified atom stereocenters. The Balaban J connectivity index is 2.41. The minimum atomic E-state index is 0.529. The van der Waals surface area contributed by atoms with Crippen molar-refractivity contribution in [2.75, 3.05) is 11.1 Å². The molecule has 0 aliphatic carbocycles. The van der Waals surface area contributed by atoms with Gasteiger partial charge in [0.1, 0.15) is 0 Å². The summed E-state index contributed by atoms with van der Waals surface area (Å²) in [6, 6.07) is 10.4. The first-order chi connectivity index (χ1) is 8.08. The number of nitrogens with one attached hydrogen (secondary N) is 1. The molecule has 3 N–H and O–H groups in total. The Morgan fingerprint density at radius 2 is 1.71 bits per heavy atom. The second-order valence-electron chi connectivity index (χ2n) is 3.45. The van der Waals surface area contributed by atoms with Crippen LogP contribution in [0.1, 0.15) is 0 Å². The molecule has 0 spiro atoms. The number of para-hydroxylation sites is 1. The van der Waals surface area contributed by atoms with Crippen LogP contribution in [0, 0.1) is 0 Å². The van der Waals surface area contributed by atoms with Gasteiger partial charge in [0.2, 0.25) is 0 Å². The van der Waals surface area contributed by atoms with Gasteiger partial charge in [-0.3, -0.25) is 0 Å². The fraction of sp³-hybridized carbons (Fsp3) is 0. The summed E-state index contributed by atoms with van der Waals surface area (Å²) in [5.74, 6) is 0. The van der Waals surface area contributed by atoms with Gasteiger partial charge in [0.15, 0.2) is 0 Å². The normalized spacial score (nSPS) is 10.3. The molecule has 0 saturated carbocycles. The molecular formula is C12H9Cl3N2. The molecule has 5 heteroatoms. The molecule has 0 bridgehead atoms. The Morgan fingerprint density at radius 1 is 0.941 bits per heavy atom. The van der Waals surface area contributed by atoms with Gasteiger partial charge in [-0.15, -0.1) is 0 Å². The van der Waals surface area contributed by atoms with Gasteiger partial charge >= 0.3 is 0 Å². The summed E-state index contributed by atoms with van der Waals surface area (Å²) in [6.07, 6.45) is 0. The van der Waals surface area contributed by atoms with E-state index in [1.54, 1.807) is 36.4 Å². The van der Waals surface area contributed by atoms with Gasteiger partial charge < -0.3 is 11.1 Å². The molecule has 0 atom stereocenters. The van der Waals surface area contributed by atoms with E-state index < -0.39 is 0 Å². The average molecular weight is 288 g/mol. The molecular weight excluding hydrogens is 279 g/mol. The lowest BCUT2D eigenvalue weighted by Crippen LogP contribution is -1.97. The van der Waals surface area contributed by atoms with Crippen molar-refractivity contribution in [1.29, 1.82) is 0 Å². The van der Waals surface area contributed by atoms with Crippen LogP contribution in [-0.4, -0.2) is 0 Å². The van der Waals surface area contributed by atoms with Crippen LogP contribution < -0.4 is 11.1 Å². The lowest BCUT2D eigenvalue weighted by atomic mass is 10.2. The number of hydrogen-bond acceptors (Lipinski definition) is 2. The molecule has 0 amide bonds. The van der Waals surface area contributed by atoms with Gasteiger partial charge in [-0.2, -0.15) is 0 Å². The minimum absolute atomic E-state index is 0.529. The molecule has 88 valence electrons. The van der Waals surface area contributed by atoms with Crippen molar-refractivity contribution in [2.24, 2.45) is 0 Å². The van der Waals surface area contributed by atoms with Crippen molar-refractivity contribution in [1.82, 2.24) is 0 Å². The molecule has 2 nitrogen and oxygen atoms in total. The number of halogens is 3. The summed E-state index contributed by atoms with van der Waals surface area (Å²) in [4.78, 5) is 0. The van der Waals surface area contributed by atoms with Crippen LogP contribution >= 0.6 is 34.8 Å². The second-order valence-corrected chi connectivity index (χ2v) is 4.70. The fourth-order valence-electron chi connectivity index (χ4n) is 1.40. The minimum Gasteiger partial charge on any atom is -0.397 e. The maximum atomic E-state index is 6.05. The predicted molar refractivity (Wildman–Crippen MR) is 75.6 cm³/mol. The van der Waals surface area contributed by atoms with Gasteiger partial charge in [-0.1, -0.05) is 40.9 Å². The summed E-state index contributed by atoms with van der Waals surface area (Å²) in [5, 5.41) is 4.74. The SMILES string of the molecule is Nc1cccc(Cl)c1Nc1cc(Cl)ccc1Cl. The quantitative estimate of drug-likeness (QED) is 0.765. The summed E-state index contributed by atoms with van der Waals surface area (Å²) < 4.78 is 0. The molecule has 2 rings (SSSR count). The van der Waals surface area contributed by atoms with Crippen LogP contribution in [0.5, 0.6) is 0 Å². The third-order valence-corrected chi connectivity index (χ3v) is 3.11. The van der Waals surface area contributed by atoms with Crippen molar-refractivity contribution < 1.29 is 0 Å². The van der Waals surface area contributed by atoms with Crippen molar-refractivity contribution in [3.05, 3.63) is 51.5 Å². The summed E-state index contributed by atoms with van der Waals surface area (Å²) >= 11 is 18.0. The lowest BCUT2D eigenvalue weighted by Gasteiger charge is -2.12. The number of benzene rings is 2. The van der Waals surface area contributed by atoms with Crippen LogP contribution in [0.3, 0.4) is 0 Å². The van der Waals surface area contributed by atoms with E-state index in [9.17, 15) is 0 Å². The first-order valence-electron chi connectivity index (χ1n) is 4.84. The van der Waals surface area contributed by atoms with Crippen LogP contribution in [0.4, 0.5) is 17.1 Å². The maximum Gasteiger partial charge on any atom is 0.0807 e. The average Bonchev–Trinajstić information content (AvgIpc) is 2.28. The van der Waals surface area contributed by atoms with E-state index in [0.717, 1.165) is 0 Å². The molecule has 0 fully saturated rings. The van der Waals surface area contributed by atoms with Crippen molar-refractivity contribution in [3.63, 3.8) is 0 Å². The van der Waals surface area contributed by atoms with Gasteiger partial charge in [-0.25, -0.2) is 0 Å². The maximum absolute atomic E-state index is 6.05. The van der Waals surface area contributed by atoms with Crippen LogP contribution in [0.2, 0.25) is 15.1 Å². The highest BCUT2D eigenvalue weighted by Gasteiger charge is 2.07. The van der Waals surface area contributed by atoms with E-state index in [1.807, 2.05) is 0 Å². The molecule has 0 aromatic heterocycles. The number of rotatable bonds is 2. The second kappa shape index (κ2) is 5.05. The van der Waals surface area contributed by atoms with Crippen LogP contribution in [0.25, 0.3) is 0 Å². The Kier molecular flexibility index (Phi) is 3.67. The molecule has 0 aliphatic rings. The number of anilines is 3. The first kappa shape index (κ1) is 12.4. The van der Waals surface area contributed by atoms with Gasteiger partial charge in [-0.05, 0) is 30.3 Å². The number of hydrogen-bond donors (Lipinski definition) is 2. The lowest BCUT2D eigenvalue weighted by molar-refractivity contribution is 1.54. The van der Waals surface area contributed by atoms with Crippen molar-refractivity contribution >= 4 is 51.9 Å².